The summed E-state index contributed by atoms with van der Waals surface area (Å²) in [7, 11) is 0. The summed E-state index contributed by atoms with van der Waals surface area (Å²) < 4.78 is 5.72. The van der Waals surface area contributed by atoms with E-state index in [-0.39, 0.29) is 6.61 Å². The highest BCUT2D eigenvalue weighted by molar-refractivity contribution is 5.27. The summed E-state index contributed by atoms with van der Waals surface area (Å²) in [4.78, 5) is 0. The Hall–Kier alpha value is -1.02. The molecule has 1 rings (SSSR count). The van der Waals surface area contributed by atoms with Gasteiger partial charge in [0.2, 0.25) is 0 Å². The number of aliphatic hydroxyl groups excluding tert-OH is 1. The molecule has 108 valence electrons. The summed E-state index contributed by atoms with van der Waals surface area (Å²) in [6, 6.07) is 8.23. The Morgan fingerprint density at radius 3 is 2.37 bits per heavy atom. The van der Waals surface area contributed by atoms with Gasteiger partial charge in [0.25, 0.3) is 0 Å². The molecule has 0 spiro atoms. The van der Waals surface area contributed by atoms with Crippen molar-refractivity contribution in [3.05, 3.63) is 29.8 Å². The molecule has 0 heterocycles. The maximum absolute atomic E-state index is 8.78. The number of benzene rings is 1. The Labute approximate surface area is 117 Å². The maximum Gasteiger partial charge on any atom is 0.119 e. The number of aliphatic hydroxyl groups is 1. The van der Waals surface area contributed by atoms with Gasteiger partial charge in [-0.3, -0.25) is 0 Å². The fraction of sp³-hybridized carbons (Fsp3) is 0.647. The van der Waals surface area contributed by atoms with Crippen molar-refractivity contribution in [1.29, 1.82) is 0 Å². The first-order chi connectivity index (χ1) is 9.22. The Balaban J connectivity index is 2.12. The SMILES string of the molecule is CC(C)CCCCCOc1ccc(CCCO)cc1. The fourth-order valence-corrected chi connectivity index (χ4v) is 2.06. The van der Waals surface area contributed by atoms with Crippen LogP contribution in [-0.4, -0.2) is 18.3 Å². The number of hydrogen-bond acceptors (Lipinski definition) is 2. The first-order valence-corrected chi connectivity index (χ1v) is 7.55. The van der Waals surface area contributed by atoms with Crippen LogP contribution in [0.5, 0.6) is 5.75 Å². The predicted octanol–water partition coefficient (Wildman–Crippen LogP) is 4.21. The van der Waals surface area contributed by atoms with Crippen LogP contribution < -0.4 is 4.74 Å². The lowest BCUT2D eigenvalue weighted by atomic mass is 10.1. The molecule has 0 atom stereocenters. The van der Waals surface area contributed by atoms with E-state index in [2.05, 4.69) is 26.0 Å². The van der Waals surface area contributed by atoms with Crippen molar-refractivity contribution in [2.75, 3.05) is 13.2 Å². The lowest BCUT2D eigenvalue weighted by molar-refractivity contribution is 0.288. The summed E-state index contributed by atoms with van der Waals surface area (Å²) in [5.41, 5.74) is 1.26. The van der Waals surface area contributed by atoms with Gasteiger partial charge in [0.1, 0.15) is 5.75 Å². The summed E-state index contributed by atoms with van der Waals surface area (Å²) in [6.45, 7) is 5.62. The van der Waals surface area contributed by atoms with Gasteiger partial charge < -0.3 is 9.84 Å². The molecule has 2 heteroatoms. The topological polar surface area (TPSA) is 29.5 Å². The van der Waals surface area contributed by atoms with Crippen molar-refractivity contribution in [2.24, 2.45) is 5.92 Å². The third kappa shape index (κ3) is 7.89. The average molecular weight is 264 g/mol. The molecule has 1 aromatic carbocycles. The van der Waals surface area contributed by atoms with Gasteiger partial charge in [-0.2, -0.15) is 0 Å². The van der Waals surface area contributed by atoms with Crippen molar-refractivity contribution < 1.29 is 9.84 Å². The van der Waals surface area contributed by atoms with Crippen molar-refractivity contribution >= 4 is 0 Å². The molecule has 0 saturated heterocycles. The number of hydrogen-bond donors (Lipinski definition) is 1. The first kappa shape index (κ1) is 16.0. The highest BCUT2D eigenvalue weighted by Crippen LogP contribution is 2.14. The van der Waals surface area contributed by atoms with E-state index < -0.39 is 0 Å². The lowest BCUT2D eigenvalue weighted by Gasteiger charge is -2.08. The second-order valence-electron chi connectivity index (χ2n) is 5.56. The van der Waals surface area contributed by atoms with Crippen LogP contribution in [0.3, 0.4) is 0 Å². The van der Waals surface area contributed by atoms with Crippen molar-refractivity contribution in [2.45, 2.75) is 52.4 Å². The van der Waals surface area contributed by atoms with E-state index in [9.17, 15) is 0 Å². The molecule has 0 unspecified atom stereocenters. The molecule has 0 aliphatic rings. The van der Waals surface area contributed by atoms with E-state index in [4.69, 9.17) is 9.84 Å². The molecule has 1 N–H and O–H groups in total. The molecule has 0 aliphatic carbocycles. The van der Waals surface area contributed by atoms with Gasteiger partial charge in [0, 0.05) is 6.61 Å². The van der Waals surface area contributed by atoms with Crippen molar-refractivity contribution in [3.8, 4) is 5.75 Å². The number of unbranched alkanes of at least 4 members (excludes halogenated alkanes) is 2. The zero-order valence-electron chi connectivity index (χ0n) is 12.4. The van der Waals surface area contributed by atoms with Crippen molar-refractivity contribution in [1.82, 2.24) is 0 Å². The van der Waals surface area contributed by atoms with Crippen LogP contribution in [0, 0.1) is 5.92 Å². The standard InChI is InChI=1S/C17H28O2/c1-15(2)7-4-3-5-14-19-17-11-9-16(10-12-17)8-6-13-18/h9-12,15,18H,3-8,13-14H2,1-2H3. The summed E-state index contributed by atoms with van der Waals surface area (Å²) >= 11 is 0. The van der Waals surface area contributed by atoms with Gasteiger partial charge >= 0.3 is 0 Å². The summed E-state index contributed by atoms with van der Waals surface area (Å²) in [5, 5.41) is 8.78. The normalized spacial score (nSPS) is 10.9. The molecule has 19 heavy (non-hydrogen) atoms. The Morgan fingerprint density at radius 1 is 1.00 bits per heavy atom. The summed E-state index contributed by atoms with van der Waals surface area (Å²) in [6.07, 6.45) is 6.79. The molecule has 0 aliphatic heterocycles. The van der Waals surface area contributed by atoms with E-state index in [1.54, 1.807) is 0 Å². The Bertz CT molecular complexity index is 317. The van der Waals surface area contributed by atoms with Crippen LogP contribution >= 0.6 is 0 Å². The molecule has 0 fully saturated rings. The van der Waals surface area contributed by atoms with Gasteiger partial charge in [0.15, 0.2) is 0 Å². The lowest BCUT2D eigenvalue weighted by Crippen LogP contribution is -1.98. The maximum atomic E-state index is 8.78. The average Bonchev–Trinajstić information content (AvgIpc) is 2.41. The second kappa shape index (κ2) is 9.85. The monoisotopic (exact) mass is 264 g/mol. The van der Waals surface area contributed by atoms with Crippen LogP contribution in [0.1, 0.15) is 51.5 Å². The highest BCUT2D eigenvalue weighted by Gasteiger charge is 1.97. The van der Waals surface area contributed by atoms with Gasteiger partial charge in [-0.25, -0.2) is 0 Å². The number of aryl methyl sites for hydroxylation is 1. The molecular formula is C17H28O2. The molecule has 0 saturated carbocycles. The van der Waals surface area contributed by atoms with Crippen LogP contribution in [-0.2, 0) is 6.42 Å². The van der Waals surface area contributed by atoms with Crippen LogP contribution in [0.2, 0.25) is 0 Å². The van der Waals surface area contributed by atoms with Crippen LogP contribution in [0.15, 0.2) is 24.3 Å². The molecule has 0 bridgehead atoms. The zero-order chi connectivity index (χ0) is 13.9. The van der Waals surface area contributed by atoms with Crippen LogP contribution in [0.25, 0.3) is 0 Å². The zero-order valence-corrected chi connectivity index (χ0v) is 12.4. The second-order valence-corrected chi connectivity index (χ2v) is 5.56. The minimum Gasteiger partial charge on any atom is -0.494 e. The highest BCUT2D eigenvalue weighted by atomic mass is 16.5. The Kier molecular flexibility index (Phi) is 8.31. The van der Waals surface area contributed by atoms with Crippen LogP contribution in [0.4, 0.5) is 0 Å². The third-order valence-corrected chi connectivity index (χ3v) is 3.24. The third-order valence-electron chi connectivity index (χ3n) is 3.24. The largest absolute Gasteiger partial charge is 0.494 e. The molecule has 2 nitrogen and oxygen atoms in total. The van der Waals surface area contributed by atoms with Gasteiger partial charge in [-0.15, -0.1) is 0 Å². The Morgan fingerprint density at radius 2 is 1.74 bits per heavy atom. The van der Waals surface area contributed by atoms with E-state index >= 15 is 0 Å². The minimum absolute atomic E-state index is 0.259. The van der Waals surface area contributed by atoms with Gasteiger partial charge in [-0.05, 0) is 42.9 Å². The minimum atomic E-state index is 0.259. The van der Waals surface area contributed by atoms with Gasteiger partial charge in [0.05, 0.1) is 6.61 Å². The molecule has 0 aromatic heterocycles. The quantitative estimate of drug-likeness (QED) is 0.642. The molecule has 0 amide bonds. The summed E-state index contributed by atoms with van der Waals surface area (Å²) in [5.74, 6) is 1.77. The number of ether oxygens (including phenoxy) is 1. The van der Waals surface area contributed by atoms with E-state index in [0.717, 1.165) is 37.5 Å². The van der Waals surface area contributed by atoms with Crippen molar-refractivity contribution in [3.63, 3.8) is 0 Å². The fourth-order valence-electron chi connectivity index (χ4n) is 2.06. The van der Waals surface area contributed by atoms with E-state index in [1.165, 1.54) is 24.8 Å². The van der Waals surface area contributed by atoms with Gasteiger partial charge in [-0.1, -0.05) is 45.2 Å². The smallest absolute Gasteiger partial charge is 0.119 e. The molecular weight excluding hydrogens is 236 g/mol. The molecule has 1 aromatic rings. The molecule has 0 radical (unpaired) electrons. The predicted molar refractivity (Wildman–Crippen MR) is 80.6 cm³/mol. The van der Waals surface area contributed by atoms with E-state index in [0.29, 0.717) is 0 Å². The first-order valence-electron chi connectivity index (χ1n) is 7.55. The number of rotatable bonds is 10. The van der Waals surface area contributed by atoms with E-state index in [1.807, 2.05) is 12.1 Å².